The van der Waals surface area contributed by atoms with Gasteiger partial charge in [0, 0.05) is 31.9 Å². The Hall–Kier alpha value is -3.37. The summed E-state index contributed by atoms with van der Waals surface area (Å²) in [5, 5.41) is 5.14. The van der Waals surface area contributed by atoms with E-state index < -0.39 is 0 Å². The molecule has 0 amide bonds. The Bertz CT molecular complexity index is 1350. The van der Waals surface area contributed by atoms with E-state index >= 15 is 0 Å². The molecule has 3 heterocycles. The number of ether oxygens (including phenoxy) is 3. The second-order valence-corrected chi connectivity index (χ2v) is 8.53. The third-order valence-corrected chi connectivity index (χ3v) is 6.21. The van der Waals surface area contributed by atoms with Gasteiger partial charge < -0.3 is 18.7 Å². The summed E-state index contributed by atoms with van der Waals surface area (Å²) in [5.41, 5.74) is 2.47. The Kier molecular flexibility index (Phi) is 6.01. The van der Waals surface area contributed by atoms with Crippen molar-refractivity contribution in [2.75, 3.05) is 20.5 Å². The van der Waals surface area contributed by atoms with E-state index in [0.29, 0.717) is 64.6 Å². The van der Waals surface area contributed by atoms with Crippen molar-refractivity contribution in [1.29, 1.82) is 0 Å². The highest BCUT2D eigenvalue weighted by Gasteiger charge is 2.20. The first-order valence-corrected chi connectivity index (χ1v) is 11.5. The largest absolute Gasteiger partial charge is 0.454 e. The monoisotopic (exact) mass is 466 g/mol. The molecule has 170 valence electrons. The van der Waals surface area contributed by atoms with Crippen LogP contribution in [-0.4, -0.2) is 40.2 Å². The van der Waals surface area contributed by atoms with Crippen molar-refractivity contribution in [3.63, 3.8) is 0 Å². The van der Waals surface area contributed by atoms with E-state index in [1.165, 1.54) is 11.8 Å². The lowest BCUT2D eigenvalue weighted by molar-refractivity contribution is 0.174. The van der Waals surface area contributed by atoms with E-state index in [1.807, 2.05) is 31.2 Å². The number of fused-ring (bicyclic) bond motifs is 2. The summed E-state index contributed by atoms with van der Waals surface area (Å²) < 4.78 is 23.1. The van der Waals surface area contributed by atoms with Gasteiger partial charge in [0.25, 0.3) is 5.56 Å². The molecule has 1 aliphatic rings. The van der Waals surface area contributed by atoms with Crippen molar-refractivity contribution in [3.8, 4) is 22.9 Å². The first-order valence-electron chi connectivity index (χ1n) is 10.5. The molecule has 0 atom stereocenters. The van der Waals surface area contributed by atoms with Crippen LogP contribution in [0.4, 0.5) is 0 Å². The van der Waals surface area contributed by atoms with Crippen LogP contribution in [0, 0.1) is 6.92 Å². The number of benzene rings is 2. The zero-order chi connectivity index (χ0) is 22.8. The second-order valence-electron chi connectivity index (χ2n) is 7.59. The van der Waals surface area contributed by atoms with Gasteiger partial charge in [-0.1, -0.05) is 46.7 Å². The van der Waals surface area contributed by atoms with Gasteiger partial charge in [0.05, 0.1) is 16.7 Å². The molecule has 0 spiro atoms. The number of hydrogen-bond acceptors (Lipinski definition) is 9. The molecular formula is C23H22N4O5S. The zero-order valence-electron chi connectivity index (χ0n) is 18.2. The molecule has 9 nitrogen and oxygen atoms in total. The fraction of sp³-hybridized carbons (Fsp3) is 0.304. The number of aryl methyl sites for hydroxylation is 1. The summed E-state index contributed by atoms with van der Waals surface area (Å²) in [4.78, 5) is 22.5. The fourth-order valence-electron chi connectivity index (χ4n) is 3.52. The van der Waals surface area contributed by atoms with E-state index in [4.69, 9.17) is 23.7 Å². The van der Waals surface area contributed by atoms with Gasteiger partial charge in [0.2, 0.25) is 18.5 Å². The Balaban J connectivity index is 1.44. The summed E-state index contributed by atoms with van der Waals surface area (Å²) in [7, 11) is 1.64. The normalized spacial score (nSPS) is 12.5. The standard InChI is InChI=1S/C23H22N4O5S/c1-14-4-6-15(7-5-14)21-25-20(32-26-21)12-33-23-24-17-11-19-18(30-13-31-19)10-16(17)22(28)27(23)8-3-9-29-2/h4-7,10-11H,3,8-9,12-13H2,1-2H3. The maximum absolute atomic E-state index is 13.3. The van der Waals surface area contributed by atoms with Crippen LogP contribution in [0.1, 0.15) is 17.9 Å². The van der Waals surface area contributed by atoms with Crippen LogP contribution in [0.25, 0.3) is 22.3 Å². The maximum atomic E-state index is 13.3. The molecule has 0 N–H and O–H groups in total. The number of rotatable bonds is 8. The van der Waals surface area contributed by atoms with Gasteiger partial charge in [-0.05, 0) is 19.4 Å². The highest BCUT2D eigenvalue weighted by Crippen LogP contribution is 2.35. The summed E-state index contributed by atoms with van der Waals surface area (Å²) in [6, 6.07) is 11.4. The quantitative estimate of drug-likeness (QED) is 0.218. The van der Waals surface area contributed by atoms with Crippen LogP contribution in [-0.2, 0) is 17.0 Å². The van der Waals surface area contributed by atoms with Crippen LogP contribution in [0.3, 0.4) is 0 Å². The predicted octanol–water partition coefficient (Wildman–Crippen LogP) is 3.81. The molecule has 0 fully saturated rings. The molecule has 0 bridgehead atoms. The molecule has 0 radical (unpaired) electrons. The van der Waals surface area contributed by atoms with Crippen LogP contribution >= 0.6 is 11.8 Å². The molecule has 4 aromatic rings. The van der Waals surface area contributed by atoms with E-state index in [-0.39, 0.29) is 12.4 Å². The number of hydrogen-bond donors (Lipinski definition) is 0. The van der Waals surface area contributed by atoms with E-state index in [0.717, 1.165) is 11.1 Å². The number of aromatic nitrogens is 4. The van der Waals surface area contributed by atoms with Crippen LogP contribution in [0.5, 0.6) is 11.5 Å². The summed E-state index contributed by atoms with van der Waals surface area (Å²) in [6.07, 6.45) is 0.680. The third-order valence-electron chi connectivity index (χ3n) is 5.25. The van der Waals surface area contributed by atoms with Gasteiger partial charge in [-0.3, -0.25) is 9.36 Å². The summed E-state index contributed by atoms with van der Waals surface area (Å²) >= 11 is 1.37. The van der Waals surface area contributed by atoms with Gasteiger partial charge in [0.1, 0.15) is 0 Å². The molecule has 0 unspecified atom stereocenters. The van der Waals surface area contributed by atoms with Crippen molar-refractivity contribution >= 4 is 22.7 Å². The molecule has 2 aromatic heterocycles. The van der Waals surface area contributed by atoms with Crippen LogP contribution < -0.4 is 15.0 Å². The molecule has 0 saturated heterocycles. The maximum Gasteiger partial charge on any atom is 0.262 e. The average molecular weight is 467 g/mol. The van der Waals surface area contributed by atoms with Crippen molar-refractivity contribution in [2.45, 2.75) is 30.8 Å². The summed E-state index contributed by atoms with van der Waals surface area (Å²) in [5.74, 6) is 2.51. The zero-order valence-corrected chi connectivity index (χ0v) is 19.1. The molecule has 33 heavy (non-hydrogen) atoms. The molecule has 10 heteroatoms. The number of methoxy groups -OCH3 is 1. The Morgan fingerprint density at radius 2 is 1.91 bits per heavy atom. The highest BCUT2D eigenvalue weighted by molar-refractivity contribution is 7.98. The van der Waals surface area contributed by atoms with E-state index in [1.54, 1.807) is 23.8 Å². The molecule has 0 aliphatic carbocycles. The van der Waals surface area contributed by atoms with Crippen molar-refractivity contribution in [2.24, 2.45) is 0 Å². The predicted molar refractivity (Wildman–Crippen MR) is 123 cm³/mol. The van der Waals surface area contributed by atoms with Gasteiger partial charge in [-0.15, -0.1) is 0 Å². The number of nitrogens with zero attached hydrogens (tertiary/aromatic N) is 4. The second kappa shape index (κ2) is 9.24. The SMILES string of the molecule is COCCCn1c(SCc2nc(-c3ccc(C)cc3)no2)nc2cc3c(cc2c1=O)OCO3. The minimum absolute atomic E-state index is 0.135. The Morgan fingerprint density at radius 1 is 1.12 bits per heavy atom. The first kappa shape index (κ1) is 21.5. The van der Waals surface area contributed by atoms with Crippen LogP contribution in [0.15, 0.2) is 50.9 Å². The average Bonchev–Trinajstić information content (AvgIpc) is 3.48. The molecular weight excluding hydrogens is 444 g/mol. The summed E-state index contributed by atoms with van der Waals surface area (Å²) in [6.45, 7) is 3.18. The minimum atomic E-state index is -0.136. The fourth-order valence-corrected chi connectivity index (χ4v) is 4.39. The molecule has 1 aliphatic heterocycles. The van der Waals surface area contributed by atoms with Gasteiger partial charge in [-0.2, -0.15) is 4.98 Å². The van der Waals surface area contributed by atoms with E-state index in [9.17, 15) is 4.79 Å². The first-order chi connectivity index (χ1) is 16.1. The topological polar surface area (TPSA) is 102 Å². The highest BCUT2D eigenvalue weighted by atomic mass is 32.2. The number of thioether (sulfide) groups is 1. The van der Waals surface area contributed by atoms with Crippen LogP contribution in [0.2, 0.25) is 0 Å². The molecule has 5 rings (SSSR count). The van der Waals surface area contributed by atoms with Gasteiger partial charge >= 0.3 is 0 Å². The van der Waals surface area contributed by atoms with E-state index in [2.05, 4.69) is 10.1 Å². The third kappa shape index (κ3) is 4.44. The van der Waals surface area contributed by atoms with Crippen molar-refractivity contribution < 1.29 is 18.7 Å². The van der Waals surface area contributed by atoms with Crippen molar-refractivity contribution in [3.05, 3.63) is 58.2 Å². The Labute approximate surface area is 193 Å². The lowest BCUT2D eigenvalue weighted by atomic mass is 10.1. The molecule has 2 aromatic carbocycles. The lowest BCUT2D eigenvalue weighted by Gasteiger charge is -2.12. The molecule has 0 saturated carbocycles. The van der Waals surface area contributed by atoms with Gasteiger partial charge in [0.15, 0.2) is 16.7 Å². The van der Waals surface area contributed by atoms with Gasteiger partial charge in [-0.25, -0.2) is 4.98 Å². The Morgan fingerprint density at radius 3 is 2.70 bits per heavy atom. The lowest BCUT2D eigenvalue weighted by Crippen LogP contribution is -2.24. The van der Waals surface area contributed by atoms with Crippen molar-refractivity contribution in [1.82, 2.24) is 19.7 Å². The minimum Gasteiger partial charge on any atom is -0.454 e. The smallest absolute Gasteiger partial charge is 0.262 e.